The summed E-state index contributed by atoms with van der Waals surface area (Å²) in [6.45, 7) is 2.84. The molecule has 0 aliphatic heterocycles. The van der Waals surface area contributed by atoms with E-state index in [0.29, 0.717) is 35.0 Å². The Morgan fingerprint density at radius 1 is 1.44 bits per heavy atom. The molecular formula is C14H15ClN2O. The fourth-order valence-corrected chi connectivity index (χ4v) is 2.24. The maximum atomic E-state index is 8.84. The van der Waals surface area contributed by atoms with Gasteiger partial charge in [-0.15, -0.1) is 0 Å². The minimum atomic E-state index is 0.292. The third-order valence-electron chi connectivity index (χ3n) is 3.26. The van der Waals surface area contributed by atoms with Crippen molar-refractivity contribution in [1.29, 1.82) is 5.26 Å². The monoisotopic (exact) mass is 262 g/mol. The molecule has 3 nitrogen and oxygen atoms in total. The summed E-state index contributed by atoms with van der Waals surface area (Å²) in [5.74, 6) is 1.55. The number of hydrogen-bond donors (Lipinski definition) is 0. The van der Waals surface area contributed by atoms with E-state index in [9.17, 15) is 0 Å². The van der Waals surface area contributed by atoms with Crippen molar-refractivity contribution in [2.24, 2.45) is 11.8 Å². The highest BCUT2D eigenvalue weighted by atomic mass is 35.5. The lowest BCUT2D eigenvalue weighted by Gasteiger charge is -2.24. The van der Waals surface area contributed by atoms with Gasteiger partial charge in [-0.1, -0.05) is 30.7 Å². The summed E-state index contributed by atoms with van der Waals surface area (Å²) in [4.78, 5) is 4.07. The molecule has 1 aliphatic rings. The van der Waals surface area contributed by atoms with Crippen LogP contribution in [0.2, 0.25) is 5.15 Å². The molecule has 0 aromatic carbocycles. The Kier molecular flexibility index (Phi) is 4.22. The number of rotatable bonds is 3. The molecule has 4 heteroatoms. The van der Waals surface area contributed by atoms with Gasteiger partial charge in [-0.2, -0.15) is 5.26 Å². The molecule has 2 atom stereocenters. The Morgan fingerprint density at radius 2 is 2.22 bits per heavy atom. The van der Waals surface area contributed by atoms with E-state index in [0.717, 1.165) is 12.8 Å². The number of pyridine rings is 1. The van der Waals surface area contributed by atoms with Crippen LogP contribution in [-0.4, -0.2) is 11.6 Å². The van der Waals surface area contributed by atoms with Gasteiger partial charge in [-0.3, -0.25) is 0 Å². The first kappa shape index (κ1) is 12.9. The second-order valence-electron chi connectivity index (χ2n) is 4.62. The smallest absolute Gasteiger partial charge is 0.215 e. The zero-order valence-corrected chi connectivity index (χ0v) is 11.0. The molecule has 1 aromatic heterocycles. The van der Waals surface area contributed by atoms with E-state index in [1.165, 1.54) is 6.07 Å². The predicted octanol–water partition coefficient (Wildman–Crippen LogP) is 3.59. The Balaban J connectivity index is 2.00. The molecule has 0 N–H and O–H groups in total. The largest absolute Gasteiger partial charge is 0.477 e. The SMILES string of the molecule is CC1CC=CCC1COc1cc(C#N)cc(Cl)n1. The van der Waals surface area contributed by atoms with Crippen LogP contribution in [0.5, 0.6) is 5.88 Å². The summed E-state index contributed by atoms with van der Waals surface area (Å²) >= 11 is 5.83. The highest BCUT2D eigenvalue weighted by molar-refractivity contribution is 6.29. The van der Waals surface area contributed by atoms with Crippen LogP contribution in [0, 0.1) is 23.2 Å². The first-order valence-electron chi connectivity index (χ1n) is 6.04. The summed E-state index contributed by atoms with van der Waals surface area (Å²) in [7, 11) is 0. The van der Waals surface area contributed by atoms with Crippen molar-refractivity contribution in [3.05, 3.63) is 35.0 Å². The molecule has 18 heavy (non-hydrogen) atoms. The number of ether oxygens (including phenoxy) is 1. The highest BCUT2D eigenvalue weighted by Gasteiger charge is 2.19. The number of nitrogens with zero attached hydrogens (tertiary/aromatic N) is 2. The zero-order valence-electron chi connectivity index (χ0n) is 10.3. The van der Waals surface area contributed by atoms with Crippen LogP contribution in [0.4, 0.5) is 0 Å². The van der Waals surface area contributed by atoms with Gasteiger partial charge >= 0.3 is 0 Å². The average molecular weight is 263 g/mol. The van der Waals surface area contributed by atoms with Crippen LogP contribution in [-0.2, 0) is 0 Å². The normalized spacial score (nSPS) is 22.5. The third-order valence-corrected chi connectivity index (χ3v) is 3.46. The molecule has 0 saturated carbocycles. The summed E-state index contributed by atoms with van der Waals surface area (Å²) in [6, 6.07) is 5.19. The van der Waals surface area contributed by atoms with Crippen LogP contribution >= 0.6 is 11.6 Å². The minimum absolute atomic E-state index is 0.292. The third kappa shape index (κ3) is 3.24. The van der Waals surface area contributed by atoms with E-state index >= 15 is 0 Å². The standard InChI is InChI=1S/C14H15ClN2O/c1-10-4-2-3-5-12(10)9-18-14-7-11(8-16)6-13(15)17-14/h2-3,6-7,10,12H,4-5,9H2,1H3. The molecule has 1 aromatic rings. The van der Waals surface area contributed by atoms with Crippen LogP contribution in [0.25, 0.3) is 0 Å². The van der Waals surface area contributed by atoms with Crippen LogP contribution < -0.4 is 4.74 Å². The van der Waals surface area contributed by atoms with E-state index in [1.807, 2.05) is 6.07 Å². The number of hydrogen-bond acceptors (Lipinski definition) is 3. The molecule has 2 unspecified atom stereocenters. The lowest BCUT2D eigenvalue weighted by molar-refractivity contribution is 0.193. The maximum absolute atomic E-state index is 8.84. The summed E-state index contributed by atoms with van der Waals surface area (Å²) in [5.41, 5.74) is 0.474. The van der Waals surface area contributed by atoms with Crippen LogP contribution in [0.3, 0.4) is 0 Å². The molecule has 1 heterocycles. The van der Waals surface area contributed by atoms with Gasteiger partial charge < -0.3 is 4.74 Å². The van der Waals surface area contributed by atoms with E-state index in [2.05, 4.69) is 24.1 Å². The van der Waals surface area contributed by atoms with Gasteiger partial charge in [0.25, 0.3) is 0 Å². The van der Waals surface area contributed by atoms with E-state index in [4.69, 9.17) is 21.6 Å². The van der Waals surface area contributed by atoms with Gasteiger partial charge in [-0.05, 0) is 30.7 Å². The number of nitriles is 1. The summed E-state index contributed by atoms with van der Waals surface area (Å²) in [5, 5.41) is 9.14. The van der Waals surface area contributed by atoms with Crippen molar-refractivity contribution in [2.45, 2.75) is 19.8 Å². The Hall–Kier alpha value is -1.53. The molecule has 94 valence electrons. The summed E-state index contributed by atoms with van der Waals surface area (Å²) in [6.07, 6.45) is 6.54. The molecule has 0 bridgehead atoms. The number of aromatic nitrogens is 1. The molecular weight excluding hydrogens is 248 g/mol. The Bertz CT molecular complexity index is 493. The Labute approximate surface area is 112 Å². The lowest BCUT2D eigenvalue weighted by Crippen LogP contribution is -2.21. The Morgan fingerprint density at radius 3 is 2.94 bits per heavy atom. The minimum Gasteiger partial charge on any atom is -0.477 e. The van der Waals surface area contributed by atoms with Gasteiger partial charge in [-0.25, -0.2) is 4.98 Å². The topological polar surface area (TPSA) is 45.9 Å². The van der Waals surface area contributed by atoms with Crippen LogP contribution in [0.1, 0.15) is 25.3 Å². The van der Waals surface area contributed by atoms with Gasteiger partial charge in [0, 0.05) is 6.07 Å². The molecule has 0 saturated heterocycles. The van der Waals surface area contributed by atoms with Crippen molar-refractivity contribution in [3.8, 4) is 11.9 Å². The molecule has 0 fully saturated rings. The summed E-state index contributed by atoms with van der Waals surface area (Å²) < 4.78 is 5.66. The quantitative estimate of drug-likeness (QED) is 0.618. The fraction of sp³-hybridized carbons (Fsp3) is 0.429. The van der Waals surface area contributed by atoms with Gasteiger partial charge in [0.2, 0.25) is 5.88 Å². The van der Waals surface area contributed by atoms with Gasteiger partial charge in [0.1, 0.15) is 5.15 Å². The number of halogens is 1. The maximum Gasteiger partial charge on any atom is 0.215 e. The van der Waals surface area contributed by atoms with Crippen molar-refractivity contribution < 1.29 is 4.74 Å². The van der Waals surface area contributed by atoms with Crippen molar-refractivity contribution in [3.63, 3.8) is 0 Å². The number of allylic oxidation sites excluding steroid dienone is 2. The van der Waals surface area contributed by atoms with Crippen molar-refractivity contribution >= 4 is 11.6 Å². The zero-order chi connectivity index (χ0) is 13.0. The van der Waals surface area contributed by atoms with Crippen LogP contribution in [0.15, 0.2) is 24.3 Å². The van der Waals surface area contributed by atoms with Crippen molar-refractivity contribution in [2.75, 3.05) is 6.61 Å². The highest BCUT2D eigenvalue weighted by Crippen LogP contribution is 2.26. The molecule has 2 rings (SSSR count). The van der Waals surface area contributed by atoms with E-state index < -0.39 is 0 Å². The first-order chi connectivity index (χ1) is 8.69. The van der Waals surface area contributed by atoms with Gasteiger partial charge in [0.15, 0.2) is 0 Å². The molecule has 0 radical (unpaired) electrons. The second-order valence-corrected chi connectivity index (χ2v) is 5.01. The van der Waals surface area contributed by atoms with Gasteiger partial charge in [0.05, 0.1) is 18.2 Å². The van der Waals surface area contributed by atoms with E-state index in [1.54, 1.807) is 6.07 Å². The lowest BCUT2D eigenvalue weighted by atomic mass is 9.85. The molecule has 0 spiro atoms. The first-order valence-corrected chi connectivity index (χ1v) is 6.42. The van der Waals surface area contributed by atoms with Crippen molar-refractivity contribution in [1.82, 2.24) is 4.98 Å². The van der Waals surface area contributed by atoms with E-state index in [-0.39, 0.29) is 0 Å². The molecule has 1 aliphatic carbocycles. The fourth-order valence-electron chi connectivity index (χ4n) is 2.04. The second kappa shape index (κ2) is 5.88. The molecule has 0 amide bonds. The predicted molar refractivity (Wildman–Crippen MR) is 70.5 cm³/mol. The average Bonchev–Trinajstić information content (AvgIpc) is 2.37.